The predicted molar refractivity (Wildman–Crippen MR) is 54.9 cm³/mol. The van der Waals surface area contributed by atoms with Gasteiger partial charge in [0, 0.05) is 6.04 Å². The van der Waals surface area contributed by atoms with Crippen molar-refractivity contribution < 1.29 is 9.53 Å². The summed E-state index contributed by atoms with van der Waals surface area (Å²) < 4.78 is 4.67. The zero-order valence-corrected chi connectivity index (χ0v) is 9.03. The minimum absolute atomic E-state index is 0.168. The number of hydrogen-bond acceptors (Lipinski definition) is 4. The number of nitrogens with zero attached hydrogens (tertiary/aromatic N) is 1. The first-order valence-electron chi connectivity index (χ1n) is 5.28. The lowest BCUT2D eigenvalue weighted by atomic mass is 9.96. The maximum Gasteiger partial charge on any atom is 0.324 e. The van der Waals surface area contributed by atoms with Gasteiger partial charge in [0.05, 0.1) is 7.11 Å². The van der Waals surface area contributed by atoms with Gasteiger partial charge in [-0.3, -0.25) is 9.69 Å². The number of methoxy groups -OCH3 is 1. The van der Waals surface area contributed by atoms with Crippen molar-refractivity contribution in [3.63, 3.8) is 0 Å². The number of carbonyl (C=O) groups is 1. The van der Waals surface area contributed by atoms with Crippen molar-refractivity contribution in [1.29, 1.82) is 0 Å². The topological polar surface area (TPSA) is 55.6 Å². The molecule has 0 radical (unpaired) electrons. The molecule has 82 valence electrons. The Bertz CT molecular complexity index is 197. The molecule has 0 aromatic carbocycles. The summed E-state index contributed by atoms with van der Waals surface area (Å²) in [6.45, 7) is 4.10. The highest BCUT2D eigenvalue weighted by atomic mass is 16.5. The zero-order chi connectivity index (χ0) is 10.6. The van der Waals surface area contributed by atoms with Crippen molar-refractivity contribution in [2.75, 3.05) is 20.2 Å². The molecule has 2 N–H and O–H groups in total. The molecule has 0 bridgehead atoms. The lowest BCUT2D eigenvalue weighted by Gasteiger charge is -2.37. The maximum absolute atomic E-state index is 11.3. The first-order chi connectivity index (χ1) is 6.70. The van der Waals surface area contributed by atoms with E-state index in [4.69, 9.17) is 5.73 Å². The van der Waals surface area contributed by atoms with Crippen molar-refractivity contribution in [1.82, 2.24) is 4.90 Å². The van der Waals surface area contributed by atoms with Gasteiger partial charge < -0.3 is 10.5 Å². The van der Waals surface area contributed by atoms with Crippen LogP contribution in [0.2, 0.25) is 0 Å². The quantitative estimate of drug-likeness (QED) is 0.668. The summed E-state index contributed by atoms with van der Waals surface area (Å²) in [7, 11) is 1.39. The van der Waals surface area contributed by atoms with Gasteiger partial charge in [-0.05, 0) is 25.9 Å². The van der Waals surface area contributed by atoms with E-state index in [0.717, 1.165) is 25.9 Å². The third kappa shape index (κ3) is 2.45. The van der Waals surface area contributed by atoms with Gasteiger partial charge in [-0.25, -0.2) is 0 Å². The third-order valence-corrected chi connectivity index (χ3v) is 2.96. The Kier molecular flexibility index (Phi) is 4.35. The van der Waals surface area contributed by atoms with Gasteiger partial charge in [0.2, 0.25) is 0 Å². The second-order valence-electron chi connectivity index (χ2n) is 3.74. The summed E-state index contributed by atoms with van der Waals surface area (Å²) in [5.74, 6) is -0.296. The Hall–Kier alpha value is -0.610. The Morgan fingerprint density at radius 1 is 1.64 bits per heavy atom. The summed E-state index contributed by atoms with van der Waals surface area (Å²) in [6, 6.07) is -0.318. The Labute approximate surface area is 85.4 Å². The molecule has 0 aliphatic carbocycles. The van der Waals surface area contributed by atoms with Gasteiger partial charge in [0.25, 0.3) is 0 Å². The number of esters is 1. The normalized spacial score (nSPS) is 25.8. The van der Waals surface area contributed by atoms with Crippen LogP contribution in [0.3, 0.4) is 0 Å². The fraction of sp³-hybridized carbons (Fsp3) is 0.900. The lowest BCUT2D eigenvalue weighted by Crippen LogP contribution is -2.54. The number of hydrogen-bond donors (Lipinski definition) is 1. The largest absolute Gasteiger partial charge is 0.468 e. The van der Waals surface area contributed by atoms with Gasteiger partial charge in [0.1, 0.15) is 6.04 Å². The molecular weight excluding hydrogens is 180 g/mol. The molecule has 0 aromatic rings. The minimum Gasteiger partial charge on any atom is -0.468 e. The molecule has 4 nitrogen and oxygen atoms in total. The van der Waals surface area contributed by atoms with Crippen LogP contribution in [-0.2, 0) is 9.53 Å². The standard InChI is InChI=1S/C10H20N2O2/c1-3-12-7-5-4-6-8(12)9(11)10(13)14-2/h8-9H,3-7,11H2,1-2H3. The molecule has 1 saturated heterocycles. The van der Waals surface area contributed by atoms with Gasteiger partial charge in [-0.1, -0.05) is 13.3 Å². The van der Waals surface area contributed by atoms with E-state index in [1.807, 2.05) is 0 Å². The monoisotopic (exact) mass is 200 g/mol. The number of likely N-dealkylation sites (N-methyl/N-ethyl adjacent to an activating group) is 1. The number of carbonyl (C=O) groups excluding carboxylic acids is 1. The lowest BCUT2D eigenvalue weighted by molar-refractivity contribution is -0.144. The fourth-order valence-electron chi connectivity index (χ4n) is 2.11. The molecule has 0 aromatic heterocycles. The number of likely N-dealkylation sites (tertiary alicyclic amines) is 1. The SMILES string of the molecule is CCN1CCCCC1C(N)C(=O)OC. The Morgan fingerprint density at radius 3 is 2.93 bits per heavy atom. The Morgan fingerprint density at radius 2 is 2.36 bits per heavy atom. The molecule has 14 heavy (non-hydrogen) atoms. The van der Waals surface area contributed by atoms with E-state index < -0.39 is 6.04 Å². The predicted octanol–water partition coefficient (Wildman–Crippen LogP) is 0.361. The molecule has 2 unspecified atom stereocenters. The van der Waals surface area contributed by atoms with Crippen molar-refractivity contribution in [3.05, 3.63) is 0 Å². The molecule has 4 heteroatoms. The van der Waals surface area contributed by atoms with Crippen LogP contribution >= 0.6 is 0 Å². The summed E-state index contributed by atoms with van der Waals surface area (Å²) in [6.07, 6.45) is 3.37. The van der Waals surface area contributed by atoms with Gasteiger partial charge >= 0.3 is 5.97 Å². The fourth-order valence-corrected chi connectivity index (χ4v) is 2.11. The van der Waals surface area contributed by atoms with E-state index >= 15 is 0 Å². The molecule has 0 saturated carbocycles. The molecule has 1 aliphatic heterocycles. The van der Waals surface area contributed by atoms with E-state index in [1.54, 1.807) is 0 Å². The van der Waals surface area contributed by atoms with Crippen molar-refractivity contribution in [2.24, 2.45) is 5.73 Å². The van der Waals surface area contributed by atoms with E-state index in [-0.39, 0.29) is 12.0 Å². The van der Waals surface area contributed by atoms with Gasteiger partial charge in [-0.2, -0.15) is 0 Å². The molecule has 2 atom stereocenters. The first-order valence-corrected chi connectivity index (χ1v) is 5.28. The van der Waals surface area contributed by atoms with Gasteiger partial charge in [-0.15, -0.1) is 0 Å². The number of rotatable bonds is 3. The van der Waals surface area contributed by atoms with Crippen LogP contribution in [0.4, 0.5) is 0 Å². The second kappa shape index (κ2) is 5.32. The molecule has 0 amide bonds. The van der Waals surface area contributed by atoms with Crippen LogP contribution in [-0.4, -0.2) is 43.2 Å². The average molecular weight is 200 g/mol. The number of nitrogens with two attached hydrogens (primary N) is 1. The van der Waals surface area contributed by atoms with E-state index in [2.05, 4.69) is 16.6 Å². The van der Waals surface area contributed by atoms with Crippen LogP contribution in [0.1, 0.15) is 26.2 Å². The van der Waals surface area contributed by atoms with Crippen molar-refractivity contribution >= 4 is 5.97 Å². The van der Waals surface area contributed by atoms with Crippen LogP contribution in [0.15, 0.2) is 0 Å². The summed E-state index contributed by atoms with van der Waals surface area (Å²) in [5, 5.41) is 0. The number of ether oxygens (including phenoxy) is 1. The van der Waals surface area contributed by atoms with E-state index in [9.17, 15) is 4.79 Å². The third-order valence-electron chi connectivity index (χ3n) is 2.96. The zero-order valence-electron chi connectivity index (χ0n) is 9.03. The second-order valence-corrected chi connectivity index (χ2v) is 3.74. The van der Waals surface area contributed by atoms with Crippen molar-refractivity contribution in [3.8, 4) is 0 Å². The Balaban J connectivity index is 2.58. The van der Waals surface area contributed by atoms with Crippen LogP contribution in [0.25, 0.3) is 0 Å². The highest BCUT2D eigenvalue weighted by Crippen LogP contribution is 2.18. The summed E-state index contributed by atoms with van der Waals surface area (Å²) in [4.78, 5) is 13.6. The molecule has 0 spiro atoms. The van der Waals surface area contributed by atoms with E-state index in [1.165, 1.54) is 13.5 Å². The molecule has 1 rings (SSSR count). The molecule has 1 fully saturated rings. The first kappa shape index (κ1) is 11.5. The molecule has 1 heterocycles. The minimum atomic E-state index is -0.486. The van der Waals surface area contributed by atoms with Crippen LogP contribution < -0.4 is 5.73 Å². The highest BCUT2D eigenvalue weighted by molar-refractivity contribution is 5.76. The molecule has 1 aliphatic rings. The number of piperidine rings is 1. The highest BCUT2D eigenvalue weighted by Gasteiger charge is 2.31. The maximum atomic E-state index is 11.3. The van der Waals surface area contributed by atoms with Crippen LogP contribution in [0.5, 0.6) is 0 Å². The van der Waals surface area contributed by atoms with E-state index in [0.29, 0.717) is 0 Å². The van der Waals surface area contributed by atoms with Crippen molar-refractivity contribution in [2.45, 2.75) is 38.3 Å². The molecular formula is C10H20N2O2. The van der Waals surface area contributed by atoms with Crippen LogP contribution in [0, 0.1) is 0 Å². The summed E-state index contributed by atoms with van der Waals surface area (Å²) >= 11 is 0. The van der Waals surface area contributed by atoms with Gasteiger partial charge in [0.15, 0.2) is 0 Å². The average Bonchev–Trinajstić information content (AvgIpc) is 2.26. The smallest absolute Gasteiger partial charge is 0.324 e. The summed E-state index contributed by atoms with van der Waals surface area (Å²) in [5.41, 5.74) is 5.85.